The Morgan fingerprint density at radius 1 is 1.12 bits per heavy atom. The minimum atomic E-state index is -0.170. The van der Waals surface area contributed by atoms with Crippen molar-refractivity contribution in [3.8, 4) is 0 Å². The molecule has 1 aromatic heterocycles. The van der Waals surface area contributed by atoms with E-state index in [1.165, 1.54) is 0 Å². The monoisotopic (exact) mass is 414 g/mol. The first-order valence-corrected chi connectivity index (χ1v) is 9.66. The summed E-state index contributed by atoms with van der Waals surface area (Å²) < 4.78 is 2.85. The summed E-state index contributed by atoms with van der Waals surface area (Å²) in [5.74, 6) is 0.413. The van der Waals surface area contributed by atoms with Crippen LogP contribution >= 0.6 is 15.9 Å². The predicted octanol–water partition coefficient (Wildman–Crippen LogP) is 4.39. The topological polar surface area (TPSA) is 50.2 Å². The van der Waals surface area contributed by atoms with Gasteiger partial charge in [-0.1, -0.05) is 38.1 Å². The van der Waals surface area contributed by atoms with Gasteiger partial charge in [0.1, 0.15) is 0 Å². The summed E-state index contributed by atoms with van der Waals surface area (Å²) in [6.45, 7) is 8.00. The second-order valence-corrected chi connectivity index (χ2v) is 6.89. The maximum Gasteiger partial charge on any atom is 0.259 e. The number of nitrogens with one attached hydrogen (secondary N) is 1. The quantitative estimate of drug-likeness (QED) is 0.623. The highest BCUT2D eigenvalue weighted by Gasteiger charge is 2.16. The van der Waals surface area contributed by atoms with E-state index in [0.29, 0.717) is 11.5 Å². The van der Waals surface area contributed by atoms with Crippen molar-refractivity contribution in [2.75, 3.05) is 25.0 Å². The summed E-state index contributed by atoms with van der Waals surface area (Å²) in [7, 11) is 0. The first kappa shape index (κ1) is 18.6. The smallest absolute Gasteiger partial charge is 0.259 e. The molecule has 0 atom stereocenters. The lowest BCUT2D eigenvalue weighted by molar-refractivity contribution is 0.102. The number of carbonyl (C=O) groups excluding carboxylic acids is 1. The number of nitrogens with zero attached hydrogens (tertiary/aromatic N) is 3. The zero-order chi connectivity index (χ0) is 18.5. The zero-order valence-electron chi connectivity index (χ0n) is 15.1. The van der Waals surface area contributed by atoms with Gasteiger partial charge in [-0.3, -0.25) is 10.1 Å². The number of hydrogen-bond acceptors (Lipinski definition) is 3. The lowest BCUT2D eigenvalue weighted by Gasteiger charge is -2.19. The molecular weight excluding hydrogens is 392 g/mol. The van der Waals surface area contributed by atoms with Gasteiger partial charge in [0.15, 0.2) is 0 Å². The summed E-state index contributed by atoms with van der Waals surface area (Å²) >= 11 is 3.44. The Labute approximate surface area is 162 Å². The molecular formula is C20H23BrN4O. The van der Waals surface area contributed by atoms with Crippen LogP contribution in [0.4, 0.5) is 5.95 Å². The molecule has 0 aliphatic heterocycles. The lowest BCUT2D eigenvalue weighted by Crippen LogP contribution is -2.27. The highest BCUT2D eigenvalue weighted by atomic mass is 79.9. The second kappa shape index (κ2) is 8.47. The standard InChI is InChI=1S/C20H23BrN4O/c1-3-24(4-2)13-14-25-18-12-8-7-11-17(18)22-20(25)23-19(26)15-9-5-6-10-16(15)21/h5-12H,3-4,13-14H2,1-2H3,(H,22,23,26). The molecule has 136 valence electrons. The fourth-order valence-corrected chi connectivity index (χ4v) is 3.46. The van der Waals surface area contributed by atoms with Crippen LogP contribution < -0.4 is 5.32 Å². The number of anilines is 1. The molecule has 2 aromatic carbocycles. The van der Waals surface area contributed by atoms with Gasteiger partial charge in [0.25, 0.3) is 5.91 Å². The number of benzene rings is 2. The van der Waals surface area contributed by atoms with Crippen LogP contribution in [-0.4, -0.2) is 40.0 Å². The molecule has 0 aliphatic carbocycles. The maximum absolute atomic E-state index is 12.7. The molecule has 6 heteroatoms. The Balaban J connectivity index is 1.90. The third kappa shape index (κ3) is 3.97. The average molecular weight is 415 g/mol. The summed E-state index contributed by atoms with van der Waals surface area (Å²) in [4.78, 5) is 19.7. The molecule has 0 bridgehead atoms. The van der Waals surface area contributed by atoms with Gasteiger partial charge in [-0.05, 0) is 53.3 Å². The van der Waals surface area contributed by atoms with E-state index in [2.05, 4.69) is 49.5 Å². The maximum atomic E-state index is 12.7. The first-order valence-electron chi connectivity index (χ1n) is 8.87. The van der Waals surface area contributed by atoms with Gasteiger partial charge in [0.2, 0.25) is 5.95 Å². The average Bonchev–Trinajstić information content (AvgIpc) is 3.00. The van der Waals surface area contributed by atoms with Gasteiger partial charge < -0.3 is 9.47 Å². The molecule has 26 heavy (non-hydrogen) atoms. The van der Waals surface area contributed by atoms with Crippen molar-refractivity contribution in [1.29, 1.82) is 0 Å². The van der Waals surface area contributed by atoms with Gasteiger partial charge in [0.05, 0.1) is 16.6 Å². The van der Waals surface area contributed by atoms with Gasteiger partial charge in [0, 0.05) is 17.6 Å². The van der Waals surface area contributed by atoms with Gasteiger partial charge in [-0.15, -0.1) is 0 Å². The van der Waals surface area contributed by atoms with E-state index in [1.807, 2.05) is 42.5 Å². The molecule has 1 heterocycles. The third-order valence-electron chi connectivity index (χ3n) is 4.53. The number of aromatic nitrogens is 2. The third-order valence-corrected chi connectivity index (χ3v) is 5.22. The van der Waals surface area contributed by atoms with E-state index in [0.717, 1.165) is 41.7 Å². The normalized spacial score (nSPS) is 11.2. The number of likely N-dealkylation sites (N-methyl/N-ethyl adjacent to an activating group) is 1. The summed E-state index contributed by atoms with van der Waals surface area (Å²) in [6.07, 6.45) is 0. The highest BCUT2D eigenvalue weighted by molar-refractivity contribution is 9.10. The van der Waals surface area contributed by atoms with E-state index in [4.69, 9.17) is 0 Å². The fraction of sp³-hybridized carbons (Fsp3) is 0.300. The van der Waals surface area contributed by atoms with E-state index in [9.17, 15) is 4.79 Å². The predicted molar refractivity (Wildman–Crippen MR) is 110 cm³/mol. The molecule has 0 saturated heterocycles. The Bertz CT molecular complexity index is 902. The molecule has 0 saturated carbocycles. The number of para-hydroxylation sites is 2. The molecule has 0 spiro atoms. The first-order chi connectivity index (χ1) is 12.6. The molecule has 1 N–H and O–H groups in total. The summed E-state index contributed by atoms with van der Waals surface area (Å²) in [5.41, 5.74) is 2.51. The van der Waals surface area contributed by atoms with Crippen molar-refractivity contribution in [2.24, 2.45) is 0 Å². The van der Waals surface area contributed by atoms with Crippen LogP contribution in [0.5, 0.6) is 0 Å². The van der Waals surface area contributed by atoms with E-state index in [1.54, 1.807) is 6.07 Å². The van der Waals surface area contributed by atoms with Crippen LogP contribution in [0.1, 0.15) is 24.2 Å². The molecule has 0 radical (unpaired) electrons. The Morgan fingerprint density at radius 2 is 1.81 bits per heavy atom. The minimum absolute atomic E-state index is 0.170. The summed E-state index contributed by atoms with van der Waals surface area (Å²) in [6, 6.07) is 15.4. The molecule has 0 unspecified atom stereocenters. The second-order valence-electron chi connectivity index (χ2n) is 6.04. The number of fused-ring (bicyclic) bond motifs is 1. The van der Waals surface area contributed by atoms with Crippen molar-refractivity contribution in [2.45, 2.75) is 20.4 Å². The number of hydrogen-bond donors (Lipinski definition) is 1. The van der Waals surface area contributed by atoms with Crippen molar-refractivity contribution in [3.63, 3.8) is 0 Å². The van der Waals surface area contributed by atoms with E-state index in [-0.39, 0.29) is 5.91 Å². The number of rotatable bonds is 7. The number of imidazole rings is 1. The molecule has 0 aliphatic rings. The number of amides is 1. The van der Waals surface area contributed by atoms with Crippen LogP contribution in [0.15, 0.2) is 53.0 Å². The van der Waals surface area contributed by atoms with E-state index >= 15 is 0 Å². The molecule has 5 nitrogen and oxygen atoms in total. The van der Waals surface area contributed by atoms with Gasteiger partial charge in [-0.2, -0.15) is 0 Å². The van der Waals surface area contributed by atoms with Crippen molar-refractivity contribution >= 4 is 38.8 Å². The van der Waals surface area contributed by atoms with Crippen LogP contribution in [0.25, 0.3) is 11.0 Å². The zero-order valence-corrected chi connectivity index (χ0v) is 16.7. The van der Waals surface area contributed by atoms with E-state index < -0.39 is 0 Å². The molecule has 3 rings (SSSR count). The minimum Gasteiger partial charge on any atom is -0.309 e. The molecule has 0 fully saturated rings. The fourth-order valence-electron chi connectivity index (χ4n) is 2.99. The van der Waals surface area contributed by atoms with Crippen LogP contribution in [-0.2, 0) is 6.54 Å². The van der Waals surface area contributed by atoms with Crippen molar-refractivity contribution in [3.05, 3.63) is 58.6 Å². The largest absolute Gasteiger partial charge is 0.309 e. The Morgan fingerprint density at radius 3 is 2.54 bits per heavy atom. The SMILES string of the molecule is CCN(CC)CCn1c(NC(=O)c2ccccc2Br)nc2ccccc21. The Kier molecular flexibility index (Phi) is 6.06. The summed E-state index contributed by atoms with van der Waals surface area (Å²) in [5, 5.41) is 2.98. The number of halogens is 1. The van der Waals surface area contributed by atoms with Crippen LogP contribution in [0.2, 0.25) is 0 Å². The van der Waals surface area contributed by atoms with Gasteiger partial charge >= 0.3 is 0 Å². The lowest BCUT2D eigenvalue weighted by atomic mass is 10.2. The molecule has 1 amide bonds. The van der Waals surface area contributed by atoms with Crippen molar-refractivity contribution < 1.29 is 4.79 Å². The Hall–Kier alpha value is -2.18. The number of carbonyl (C=O) groups is 1. The van der Waals surface area contributed by atoms with Gasteiger partial charge in [-0.25, -0.2) is 4.98 Å². The van der Waals surface area contributed by atoms with Crippen LogP contribution in [0.3, 0.4) is 0 Å². The van der Waals surface area contributed by atoms with Crippen LogP contribution in [0, 0.1) is 0 Å². The molecule has 3 aromatic rings. The van der Waals surface area contributed by atoms with Crippen molar-refractivity contribution in [1.82, 2.24) is 14.5 Å². The highest BCUT2D eigenvalue weighted by Crippen LogP contribution is 2.22.